The number of alkyl halides is 3. The minimum absolute atomic E-state index is 0.134. The SMILES string of the molecule is C[C@H](CNC(=O)NCc1ccc(C(=O)Nc2ccc(Cl)cc2N2CCN(CCC(F)(F)F)CC2)c(F)c1F)OP(=O)(O)O. The Bertz CT molecular complexity index is 1360. The summed E-state index contributed by atoms with van der Waals surface area (Å²) in [4.78, 5) is 45.9. The molecule has 11 nitrogen and oxygen atoms in total. The van der Waals surface area contributed by atoms with E-state index in [0.29, 0.717) is 36.9 Å². The maximum atomic E-state index is 14.9. The third-order valence-corrected chi connectivity index (χ3v) is 7.22. The van der Waals surface area contributed by atoms with Gasteiger partial charge in [-0.3, -0.25) is 14.2 Å². The zero-order valence-corrected chi connectivity index (χ0v) is 24.4. The van der Waals surface area contributed by atoms with Crippen LogP contribution in [-0.2, 0) is 15.6 Å². The van der Waals surface area contributed by atoms with E-state index in [0.717, 1.165) is 12.1 Å². The Hall–Kier alpha value is -3.01. The molecule has 5 N–H and O–H groups in total. The van der Waals surface area contributed by atoms with Crippen molar-refractivity contribution in [3.63, 3.8) is 0 Å². The van der Waals surface area contributed by atoms with Crippen LogP contribution in [0.3, 0.4) is 0 Å². The van der Waals surface area contributed by atoms with Gasteiger partial charge in [-0.25, -0.2) is 18.1 Å². The minimum Gasteiger partial charge on any atom is -0.367 e. The van der Waals surface area contributed by atoms with Crippen LogP contribution in [0.15, 0.2) is 30.3 Å². The van der Waals surface area contributed by atoms with Gasteiger partial charge in [0.2, 0.25) is 0 Å². The Morgan fingerprint density at radius 3 is 2.37 bits per heavy atom. The van der Waals surface area contributed by atoms with Crippen LogP contribution >= 0.6 is 19.4 Å². The second-order valence-electron chi connectivity index (χ2n) is 9.68. The number of benzene rings is 2. The van der Waals surface area contributed by atoms with Gasteiger partial charge in [0.1, 0.15) is 0 Å². The molecule has 2 aromatic carbocycles. The number of piperazine rings is 1. The lowest BCUT2D eigenvalue weighted by Gasteiger charge is -2.37. The molecule has 1 fully saturated rings. The Morgan fingerprint density at radius 2 is 1.74 bits per heavy atom. The Labute approximate surface area is 248 Å². The van der Waals surface area contributed by atoms with Gasteiger partial charge in [-0.1, -0.05) is 17.7 Å². The van der Waals surface area contributed by atoms with E-state index in [1.807, 2.05) is 4.90 Å². The molecule has 1 heterocycles. The van der Waals surface area contributed by atoms with Gasteiger partial charge in [-0.2, -0.15) is 13.2 Å². The number of nitrogens with zero attached hydrogens (tertiary/aromatic N) is 2. The molecule has 3 amide bonds. The molecule has 1 aliphatic rings. The number of phosphoric acid groups is 1. The number of halogens is 6. The van der Waals surface area contributed by atoms with Crippen LogP contribution in [0.4, 0.5) is 38.1 Å². The molecule has 0 aliphatic carbocycles. The minimum atomic E-state index is -4.75. The van der Waals surface area contributed by atoms with E-state index in [-0.39, 0.29) is 24.3 Å². The van der Waals surface area contributed by atoms with Crippen molar-refractivity contribution in [3.05, 3.63) is 58.1 Å². The highest BCUT2D eigenvalue weighted by Crippen LogP contribution is 2.37. The zero-order chi connectivity index (χ0) is 31.9. The van der Waals surface area contributed by atoms with Gasteiger partial charge in [-0.05, 0) is 31.2 Å². The molecule has 0 spiro atoms. The van der Waals surface area contributed by atoms with Gasteiger partial charge in [0, 0.05) is 56.4 Å². The van der Waals surface area contributed by atoms with Crippen molar-refractivity contribution in [3.8, 4) is 0 Å². The molecule has 18 heteroatoms. The summed E-state index contributed by atoms with van der Waals surface area (Å²) in [5, 5.41) is 7.38. The van der Waals surface area contributed by atoms with E-state index in [4.69, 9.17) is 21.4 Å². The molecule has 238 valence electrons. The molecule has 0 saturated carbocycles. The summed E-state index contributed by atoms with van der Waals surface area (Å²) in [7, 11) is -4.75. The van der Waals surface area contributed by atoms with Gasteiger partial charge in [-0.15, -0.1) is 0 Å². The van der Waals surface area contributed by atoms with Gasteiger partial charge in [0.15, 0.2) is 11.6 Å². The van der Waals surface area contributed by atoms with Crippen molar-refractivity contribution in [1.29, 1.82) is 0 Å². The van der Waals surface area contributed by atoms with Crippen LogP contribution in [0, 0.1) is 11.6 Å². The number of amides is 3. The zero-order valence-electron chi connectivity index (χ0n) is 22.8. The Morgan fingerprint density at radius 1 is 1.07 bits per heavy atom. The fraction of sp³-hybridized carbons (Fsp3) is 0.440. The summed E-state index contributed by atoms with van der Waals surface area (Å²) < 4.78 is 82.5. The van der Waals surface area contributed by atoms with Gasteiger partial charge in [0.05, 0.1) is 29.5 Å². The number of rotatable bonds is 11. The van der Waals surface area contributed by atoms with Crippen molar-refractivity contribution >= 4 is 42.7 Å². The summed E-state index contributed by atoms with van der Waals surface area (Å²) in [5.74, 6) is -3.81. The summed E-state index contributed by atoms with van der Waals surface area (Å²) in [6.07, 6.45) is -6.22. The number of carbonyl (C=O) groups is 2. The molecule has 0 aromatic heterocycles. The number of phosphoric ester groups is 1. The molecule has 0 radical (unpaired) electrons. The first-order chi connectivity index (χ1) is 20.0. The summed E-state index contributed by atoms with van der Waals surface area (Å²) in [6, 6.07) is 5.81. The number of hydrogen-bond donors (Lipinski definition) is 5. The van der Waals surface area contributed by atoms with E-state index in [2.05, 4.69) is 20.5 Å². The number of carbonyl (C=O) groups excluding carboxylic acids is 2. The fourth-order valence-electron chi connectivity index (χ4n) is 4.21. The highest BCUT2D eigenvalue weighted by Gasteiger charge is 2.29. The highest BCUT2D eigenvalue weighted by molar-refractivity contribution is 7.46. The summed E-state index contributed by atoms with van der Waals surface area (Å²) >= 11 is 6.14. The number of nitrogens with one attached hydrogen (secondary N) is 3. The number of urea groups is 1. The lowest BCUT2D eigenvalue weighted by atomic mass is 10.1. The second kappa shape index (κ2) is 14.6. The average Bonchev–Trinajstić information content (AvgIpc) is 2.91. The van der Waals surface area contributed by atoms with Crippen molar-refractivity contribution in [2.75, 3.05) is 49.5 Å². The van der Waals surface area contributed by atoms with Crippen molar-refractivity contribution in [1.82, 2.24) is 15.5 Å². The van der Waals surface area contributed by atoms with Gasteiger partial charge < -0.3 is 30.6 Å². The van der Waals surface area contributed by atoms with Crippen molar-refractivity contribution in [2.24, 2.45) is 0 Å². The molecule has 43 heavy (non-hydrogen) atoms. The topological polar surface area (TPSA) is 143 Å². The van der Waals surface area contributed by atoms with Crippen LogP contribution in [0.25, 0.3) is 0 Å². The third kappa shape index (κ3) is 10.9. The molecule has 3 rings (SSSR count). The maximum Gasteiger partial charge on any atom is 0.469 e. The second-order valence-corrected chi connectivity index (χ2v) is 11.3. The van der Waals surface area contributed by atoms with E-state index in [1.165, 1.54) is 19.1 Å². The predicted molar refractivity (Wildman–Crippen MR) is 148 cm³/mol. The summed E-state index contributed by atoms with van der Waals surface area (Å²) in [5.41, 5.74) is -0.201. The average molecular weight is 658 g/mol. The van der Waals surface area contributed by atoms with Gasteiger partial charge in [0.25, 0.3) is 5.91 Å². The predicted octanol–water partition coefficient (Wildman–Crippen LogP) is 4.24. The largest absolute Gasteiger partial charge is 0.469 e. The Kier molecular flexibility index (Phi) is 11.7. The quantitative estimate of drug-likeness (QED) is 0.178. The normalized spacial score (nSPS) is 15.2. The van der Waals surface area contributed by atoms with Crippen LogP contribution in [-0.4, -0.2) is 78.2 Å². The molecule has 1 saturated heterocycles. The number of hydrogen-bond acceptors (Lipinski definition) is 6. The highest BCUT2D eigenvalue weighted by atomic mass is 35.5. The van der Waals surface area contributed by atoms with Crippen LogP contribution < -0.4 is 20.9 Å². The standard InChI is InChI=1S/C25H30ClF5N5O6P/c1-15(42-43(39,40)41)13-32-24(38)33-14-16-2-4-18(22(28)21(16)27)23(37)34-19-5-3-17(26)12-20(19)36-10-8-35(9-11-36)7-6-25(29,30)31/h2-5,12,15H,6-11,13-14H2,1H3,(H,34,37)(H2,32,33,38)(H2,39,40,41)/t15-/m1/s1. The van der Waals surface area contributed by atoms with E-state index >= 15 is 0 Å². The van der Waals surface area contributed by atoms with Crippen molar-refractivity contribution in [2.45, 2.75) is 32.2 Å². The first-order valence-corrected chi connectivity index (χ1v) is 14.8. The maximum absolute atomic E-state index is 14.9. The molecule has 2 aromatic rings. The van der Waals surface area contributed by atoms with Crippen LogP contribution in [0.5, 0.6) is 0 Å². The molecule has 0 unspecified atom stereocenters. The first kappa shape index (κ1) is 34.5. The van der Waals surface area contributed by atoms with Gasteiger partial charge >= 0.3 is 20.0 Å². The van der Waals surface area contributed by atoms with Crippen molar-refractivity contribution < 1.29 is 50.4 Å². The molecule has 1 aliphatic heterocycles. The molecular weight excluding hydrogens is 628 g/mol. The smallest absolute Gasteiger partial charge is 0.367 e. The number of anilines is 2. The Balaban J connectivity index is 1.62. The van der Waals surface area contributed by atoms with E-state index in [9.17, 15) is 36.1 Å². The lowest BCUT2D eigenvalue weighted by Crippen LogP contribution is -2.47. The lowest BCUT2D eigenvalue weighted by molar-refractivity contribution is -0.138. The molecular formula is C25H30ClF5N5O6P. The molecule has 1 atom stereocenters. The van der Waals surface area contributed by atoms with Crippen LogP contribution in [0.1, 0.15) is 29.3 Å². The summed E-state index contributed by atoms with van der Waals surface area (Å²) in [6.45, 7) is 1.77. The first-order valence-electron chi connectivity index (χ1n) is 12.9. The third-order valence-electron chi connectivity index (χ3n) is 6.35. The van der Waals surface area contributed by atoms with E-state index < -0.39 is 62.2 Å². The fourth-order valence-corrected chi connectivity index (χ4v) is 4.92. The monoisotopic (exact) mass is 657 g/mol. The molecule has 0 bridgehead atoms. The van der Waals surface area contributed by atoms with Crippen LogP contribution in [0.2, 0.25) is 5.02 Å². The van der Waals surface area contributed by atoms with E-state index in [1.54, 1.807) is 11.0 Å².